The van der Waals surface area contributed by atoms with E-state index in [0.717, 1.165) is 41.0 Å². The predicted octanol–water partition coefficient (Wildman–Crippen LogP) is 4.01. The number of ether oxygens (including phenoxy) is 1. The molecule has 0 aliphatic carbocycles. The van der Waals surface area contributed by atoms with Crippen molar-refractivity contribution in [2.75, 3.05) is 0 Å². The molecule has 0 aliphatic rings. The summed E-state index contributed by atoms with van der Waals surface area (Å²) in [6.07, 6.45) is -5.37. The average Bonchev–Trinajstić information content (AvgIpc) is 2.85. The van der Waals surface area contributed by atoms with E-state index < -0.39 is 42.0 Å². The Morgan fingerprint density at radius 3 is 2.31 bits per heavy atom. The second-order valence-corrected chi connectivity index (χ2v) is 6.17. The van der Waals surface area contributed by atoms with Gasteiger partial charge in [-0.05, 0) is 42.8 Å². The Balaban J connectivity index is 2.11. The summed E-state index contributed by atoms with van der Waals surface area (Å²) in [7, 11) is 0. The van der Waals surface area contributed by atoms with Gasteiger partial charge in [0.25, 0.3) is 5.91 Å². The second-order valence-electron chi connectivity index (χ2n) is 6.17. The lowest BCUT2D eigenvalue weighted by molar-refractivity contribution is -0.274. The zero-order valence-electron chi connectivity index (χ0n) is 14.7. The van der Waals surface area contributed by atoms with Gasteiger partial charge in [0.1, 0.15) is 5.75 Å². The Morgan fingerprint density at radius 1 is 1.14 bits per heavy atom. The largest absolute Gasteiger partial charge is 0.573 e. The van der Waals surface area contributed by atoms with Crippen molar-refractivity contribution in [1.29, 1.82) is 0 Å². The predicted molar refractivity (Wildman–Crippen MR) is 92.5 cm³/mol. The number of phenolic OH excluding ortho intramolecular Hbond substituents is 1. The molecular weight excluding hydrogens is 398 g/mol. The van der Waals surface area contributed by atoms with Crippen LogP contribution in [0.25, 0.3) is 10.9 Å². The van der Waals surface area contributed by atoms with Gasteiger partial charge >= 0.3 is 12.3 Å². The van der Waals surface area contributed by atoms with Gasteiger partial charge in [-0.1, -0.05) is 0 Å². The van der Waals surface area contributed by atoms with Crippen LogP contribution in [0.4, 0.5) is 17.6 Å². The average molecular weight is 411 g/mol. The quantitative estimate of drug-likeness (QED) is 0.634. The number of aromatic hydroxyl groups is 1. The molecule has 10 heteroatoms. The van der Waals surface area contributed by atoms with E-state index in [4.69, 9.17) is 5.11 Å². The third kappa shape index (κ3) is 4.00. The number of carboxylic acids is 1. The molecule has 29 heavy (non-hydrogen) atoms. The van der Waals surface area contributed by atoms with Crippen molar-refractivity contribution in [2.45, 2.75) is 19.7 Å². The summed E-state index contributed by atoms with van der Waals surface area (Å²) < 4.78 is 55.5. The molecule has 3 aromatic rings. The monoisotopic (exact) mass is 411 g/mol. The molecule has 0 spiro atoms. The van der Waals surface area contributed by atoms with Gasteiger partial charge in [0.05, 0.1) is 11.9 Å². The number of phenols is 1. The number of aromatic nitrogens is 1. The summed E-state index contributed by atoms with van der Waals surface area (Å²) >= 11 is 0. The van der Waals surface area contributed by atoms with Gasteiger partial charge in [0.15, 0.2) is 11.6 Å². The van der Waals surface area contributed by atoms with E-state index in [1.54, 1.807) is 0 Å². The highest BCUT2D eigenvalue weighted by Crippen LogP contribution is 2.32. The number of rotatable bonds is 4. The first-order valence-corrected chi connectivity index (χ1v) is 8.12. The molecule has 0 radical (unpaired) electrons. The van der Waals surface area contributed by atoms with Gasteiger partial charge in [-0.2, -0.15) is 0 Å². The summed E-state index contributed by atoms with van der Waals surface area (Å²) in [5.41, 5.74) is 0.394. The molecular formula is C19H13F4NO5. The molecule has 1 aromatic heterocycles. The molecule has 6 nitrogen and oxygen atoms in total. The van der Waals surface area contributed by atoms with Crippen molar-refractivity contribution in [3.8, 4) is 11.5 Å². The number of aliphatic carboxylic acids is 1. The first kappa shape index (κ1) is 20.2. The Bertz CT molecular complexity index is 1120. The lowest BCUT2D eigenvalue weighted by Crippen LogP contribution is -2.17. The van der Waals surface area contributed by atoms with Crippen LogP contribution in [0.2, 0.25) is 0 Å². The van der Waals surface area contributed by atoms with Crippen molar-refractivity contribution in [3.05, 3.63) is 59.0 Å². The molecule has 2 N–H and O–H groups in total. The molecule has 0 bridgehead atoms. The highest BCUT2D eigenvalue weighted by atomic mass is 19.4. The molecule has 1 heterocycles. The fraction of sp³-hybridized carbons (Fsp3) is 0.158. The van der Waals surface area contributed by atoms with Gasteiger partial charge in [-0.3, -0.25) is 14.2 Å². The summed E-state index contributed by atoms with van der Waals surface area (Å²) in [5, 5.41) is 18.9. The van der Waals surface area contributed by atoms with Gasteiger partial charge in [-0.25, -0.2) is 4.39 Å². The number of fused-ring (bicyclic) bond motifs is 1. The Hall–Kier alpha value is -3.56. The summed E-state index contributed by atoms with van der Waals surface area (Å²) in [6, 6.07) is 6.02. The molecule has 3 rings (SSSR count). The van der Waals surface area contributed by atoms with Crippen LogP contribution in [-0.2, 0) is 11.2 Å². The minimum atomic E-state index is -4.88. The van der Waals surface area contributed by atoms with Crippen LogP contribution >= 0.6 is 0 Å². The fourth-order valence-corrected chi connectivity index (χ4v) is 3.05. The Morgan fingerprint density at radius 2 is 1.76 bits per heavy atom. The maximum absolute atomic E-state index is 13.9. The number of hydrogen-bond acceptors (Lipinski definition) is 4. The summed E-state index contributed by atoms with van der Waals surface area (Å²) in [6.45, 7) is 1.45. The molecule has 2 aromatic carbocycles. The fourth-order valence-electron chi connectivity index (χ4n) is 3.05. The molecule has 0 aliphatic heterocycles. The molecule has 152 valence electrons. The number of carbonyl (C=O) groups excluding carboxylic acids is 1. The Labute approximate surface area is 160 Å². The normalized spacial score (nSPS) is 11.6. The van der Waals surface area contributed by atoms with Crippen LogP contribution in [0.3, 0.4) is 0 Å². The standard InChI is InChI=1S/C19H13F4NO5/c1-9-12(7-17(26)27)13-6-16(25)14(20)8-15(13)24(9)18(28)10-2-4-11(5-3-10)29-19(21,22)23/h2-6,8,25H,7H2,1H3,(H,26,27). The number of halogens is 4. The number of hydrogen-bond donors (Lipinski definition) is 2. The van der Waals surface area contributed by atoms with Crippen LogP contribution in [0.5, 0.6) is 11.5 Å². The number of nitrogens with zero attached hydrogens (tertiary/aromatic N) is 1. The highest BCUT2D eigenvalue weighted by Gasteiger charge is 2.31. The number of carboxylic acid groups (broad SMARTS) is 1. The van der Waals surface area contributed by atoms with Crippen LogP contribution in [-0.4, -0.2) is 33.0 Å². The van der Waals surface area contributed by atoms with Gasteiger partial charge < -0.3 is 14.9 Å². The smallest absolute Gasteiger partial charge is 0.505 e. The first-order valence-electron chi connectivity index (χ1n) is 8.12. The minimum Gasteiger partial charge on any atom is -0.505 e. The van der Waals surface area contributed by atoms with Gasteiger partial charge in [0.2, 0.25) is 0 Å². The van der Waals surface area contributed by atoms with E-state index in [9.17, 15) is 32.3 Å². The molecule has 0 saturated heterocycles. The van der Waals surface area contributed by atoms with Crippen LogP contribution in [0.15, 0.2) is 36.4 Å². The second kappa shape index (κ2) is 7.12. The van der Waals surface area contributed by atoms with Crippen LogP contribution in [0.1, 0.15) is 21.6 Å². The zero-order chi connectivity index (χ0) is 21.5. The number of benzene rings is 2. The lowest BCUT2D eigenvalue weighted by Gasteiger charge is -2.10. The van der Waals surface area contributed by atoms with Crippen molar-refractivity contribution in [1.82, 2.24) is 4.57 Å². The molecule has 0 fully saturated rings. The maximum Gasteiger partial charge on any atom is 0.573 e. The van der Waals surface area contributed by atoms with E-state index in [1.165, 1.54) is 6.92 Å². The highest BCUT2D eigenvalue weighted by molar-refractivity contribution is 6.05. The van der Waals surface area contributed by atoms with E-state index in [1.807, 2.05) is 0 Å². The lowest BCUT2D eigenvalue weighted by atomic mass is 10.1. The maximum atomic E-state index is 13.9. The third-order valence-corrected chi connectivity index (χ3v) is 4.27. The van der Waals surface area contributed by atoms with Crippen LogP contribution < -0.4 is 4.74 Å². The van der Waals surface area contributed by atoms with E-state index >= 15 is 0 Å². The molecule has 0 saturated carbocycles. The van der Waals surface area contributed by atoms with Gasteiger partial charge in [0, 0.05) is 22.7 Å². The third-order valence-electron chi connectivity index (χ3n) is 4.27. The van der Waals surface area contributed by atoms with E-state index in [-0.39, 0.29) is 27.7 Å². The van der Waals surface area contributed by atoms with Crippen molar-refractivity contribution in [2.24, 2.45) is 0 Å². The molecule has 0 amide bonds. The first-order chi connectivity index (χ1) is 13.5. The topological polar surface area (TPSA) is 88.8 Å². The van der Waals surface area contributed by atoms with Crippen molar-refractivity contribution in [3.63, 3.8) is 0 Å². The van der Waals surface area contributed by atoms with Crippen LogP contribution in [0, 0.1) is 12.7 Å². The number of carbonyl (C=O) groups is 2. The Kier molecular flexibility index (Phi) is 4.95. The summed E-state index contributed by atoms with van der Waals surface area (Å²) in [5.74, 6) is -4.15. The van der Waals surface area contributed by atoms with E-state index in [2.05, 4.69) is 4.74 Å². The molecule has 0 atom stereocenters. The zero-order valence-corrected chi connectivity index (χ0v) is 14.7. The SMILES string of the molecule is Cc1c(CC(=O)O)c2cc(O)c(F)cc2n1C(=O)c1ccc(OC(F)(F)F)cc1. The minimum absolute atomic E-state index is 0.0228. The summed E-state index contributed by atoms with van der Waals surface area (Å²) in [4.78, 5) is 24.1. The van der Waals surface area contributed by atoms with Crippen molar-refractivity contribution < 1.29 is 42.1 Å². The number of alkyl halides is 3. The van der Waals surface area contributed by atoms with E-state index in [0.29, 0.717) is 0 Å². The van der Waals surface area contributed by atoms with Crippen molar-refractivity contribution >= 4 is 22.8 Å². The molecule has 0 unspecified atom stereocenters. The van der Waals surface area contributed by atoms with Gasteiger partial charge in [-0.15, -0.1) is 13.2 Å².